The molecule has 1 atom stereocenters. The van der Waals surface area contributed by atoms with Crippen molar-refractivity contribution < 1.29 is 9.66 Å². The number of rotatable bonds is 7. The maximum Gasteiger partial charge on any atom is 0.322 e. The topological polar surface area (TPSA) is 90.2 Å². The molecule has 1 N–H and O–H groups in total. The average molecular weight is 312 g/mol. The van der Waals surface area contributed by atoms with Gasteiger partial charge in [-0.15, -0.1) is 0 Å². The second kappa shape index (κ2) is 7.56. The lowest BCUT2D eigenvalue weighted by molar-refractivity contribution is -0.389. The quantitative estimate of drug-likeness (QED) is 0.358. The number of hydrogen-bond acceptors (Lipinski definition) is 7. The molecule has 0 radical (unpaired) electrons. The molecule has 0 aliphatic carbocycles. The van der Waals surface area contributed by atoms with Crippen LogP contribution in [-0.4, -0.2) is 39.9 Å². The molecule has 1 unspecified atom stereocenters. The van der Waals surface area contributed by atoms with E-state index in [1.165, 1.54) is 11.8 Å². The second-order valence-electron chi connectivity index (χ2n) is 4.92. The van der Waals surface area contributed by atoms with Gasteiger partial charge >= 0.3 is 5.69 Å². The molecule has 1 aliphatic heterocycles. The Labute approximate surface area is 128 Å². The van der Waals surface area contributed by atoms with Gasteiger partial charge in [-0.2, -0.15) is 4.98 Å². The number of nitrogens with zero attached hydrogens (tertiary/aromatic N) is 3. The van der Waals surface area contributed by atoms with Gasteiger partial charge in [-0.1, -0.05) is 18.7 Å². The number of aryl methyl sites for hydroxylation is 1. The van der Waals surface area contributed by atoms with E-state index in [9.17, 15) is 10.1 Å². The van der Waals surface area contributed by atoms with E-state index in [1.807, 2.05) is 6.92 Å². The molecule has 116 valence electrons. The summed E-state index contributed by atoms with van der Waals surface area (Å²) in [5, 5.41) is 14.7. The third kappa shape index (κ3) is 4.28. The van der Waals surface area contributed by atoms with Crippen LogP contribution in [0.15, 0.2) is 5.03 Å². The second-order valence-corrected chi connectivity index (χ2v) is 5.93. The molecular formula is C13H20N4O3S. The highest BCUT2D eigenvalue weighted by atomic mass is 32.2. The van der Waals surface area contributed by atoms with E-state index in [0.717, 1.165) is 32.4 Å². The summed E-state index contributed by atoms with van der Waals surface area (Å²) in [6.45, 7) is 5.21. The summed E-state index contributed by atoms with van der Waals surface area (Å²) in [5.74, 6) is 1.14. The van der Waals surface area contributed by atoms with Gasteiger partial charge in [-0.05, 0) is 26.2 Å². The first-order valence-electron chi connectivity index (χ1n) is 7.13. The van der Waals surface area contributed by atoms with Gasteiger partial charge in [0.15, 0.2) is 5.03 Å². The first kappa shape index (κ1) is 16.0. The van der Waals surface area contributed by atoms with E-state index in [0.29, 0.717) is 22.4 Å². The van der Waals surface area contributed by atoms with Gasteiger partial charge in [-0.25, -0.2) is 4.98 Å². The SMILES string of the molecule is CCCNc1nc(C)c([N+](=O)[O-])c(SCC2CCCO2)n1. The summed E-state index contributed by atoms with van der Waals surface area (Å²) in [4.78, 5) is 19.3. The van der Waals surface area contributed by atoms with Crippen LogP contribution in [0, 0.1) is 17.0 Å². The lowest BCUT2D eigenvalue weighted by Crippen LogP contribution is -2.11. The molecule has 7 nitrogen and oxygen atoms in total. The van der Waals surface area contributed by atoms with E-state index >= 15 is 0 Å². The van der Waals surface area contributed by atoms with Gasteiger partial charge in [0.05, 0.1) is 11.0 Å². The molecule has 0 spiro atoms. The number of nitro groups is 1. The number of anilines is 1. The van der Waals surface area contributed by atoms with E-state index < -0.39 is 4.92 Å². The molecule has 8 heteroatoms. The first-order valence-corrected chi connectivity index (χ1v) is 8.11. The molecule has 1 fully saturated rings. The van der Waals surface area contributed by atoms with Gasteiger partial charge in [0.1, 0.15) is 5.69 Å². The Morgan fingerprint density at radius 2 is 2.33 bits per heavy atom. The van der Waals surface area contributed by atoms with Crippen molar-refractivity contribution in [1.82, 2.24) is 9.97 Å². The molecular weight excluding hydrogens is 292 g/mol. The highest BCUT2D eigenvalue weighted by molar-refractivity contribution is 7.99. The fourth-order valence-electron chi connectivity index (χ4n) is 2.12. The zero-order valence-electron chi connectivity index (χ0n) is 12.3. The van der Waals surface area contributed by atoms with Crippen molar-refractivity contribution in [2.75, 3.05) is 24.2 Å². The Morgan fingerprint density at radius 3 is 2.95 bits per heavy atom. The van der Waals surface area contributed by atoms with Crippen LogP contribution in [0.5, 0.6) is 0 Å². The molecule has 1 aliphatic rings. The van der Waals surface area contributed by atoms with Crippen LogP contribution >= 0.6 is 11.8 Å². The van der Waals surface area contributed by atoms with E-state index in [2.05, 4.69) is 15.3 Å². The highest BCUT2D eigenvalue weighted by Crippen LogP contribution is 2.32. The normalized spacial score (nSPS) is 17.9. The van der Waals surface area contributed by atoms with Crippen LogP contribution in [-0.2, 0) is 4.74 Å². The first-order chi connectivity index (χ1) is 10.1. The number of hydrogen-bond donors (Lipinski definition) is 1. The minimum Gasteiger partial charge on any atom is -0.377 e. The highest BCUT2D eigenvalue weighted by Gasteiger charge is 2.24. The summed E-state index contributed by atoms with van der Waals surface area (Å²) in [7, 11) is 0. The fraction of sp³-hybridized carbons (Fsp3) is 0.692. The number of thioether (sulfide) groups is 1. The van der Waals surface area contributed by atoms with Gasteiger partial charge in [0.25, 0.3) is 0 Å². The Hall–Kier alpha value is -1.41. The summed E-state index contributed by atoms with van der Waals surface area (Å²) in [5.41, 5.74) is 0.392. The van der Waals surface area contributed by atoms with E-state index in [-0.39, 0.29) is 11.8 Å². The van der Waals surface area contributed by atoms with Crippen LogP contribution in [0.4, 0.5) is 11.6 Å². The molecule has 0 saturated carbocycles. The molecule has 0 aromatic carbocycles. The van der Waals surface area contributed by atoms with Crippen LogP contribution in [0.25, 0.3) is 0 Å². The molecule has 0 amide bonds. The van der Waals surface area contributed by atoms with Crippen LogP contribution in [0.1, 0.15) is 31.9 Å². The van der Waals surface area contributed by atoms with Crippen molar-refractivity contribution in [2.24, 2.45) is 0 Å². The summed E-state index contributed by atoms with van der Waals surface area (Å²) in [6, 6.07) is 0. The third-order valence-corrected chi connectivity index (χ3v) is 4.27. The van der Waals surface area contributed by atoms with Crippen molar-refractivity contribution in [3.05, 3.63) is 15.8 Å². The van der Waals surface area contributed by atoms with Gasteiger partial charge in [0.2, 0.25) is 5.95 Å². The monoisotopic (exact) mass is 312 g/mol. The predicted molar refractivity (Wildman–Crippen MR) is 81.9 cm³/mol. The third-order valence-electron chi connectivity index (χ3n) is 3.17. The van der Waals surface area contributed by atoms with Crippen molar-refractivity contribution in [2.45, 2.75) is 44.2 Å². The fourth-order valence-corrected chi connectivity index (χ4v) is 3.23. The predicted octanol–water partition coefficient (Wildman–Crippen LogP) is 2.79. The number of aromatic nitrogens is 2. The minimum absolute atomic E-state index is 0.0000420. The summed E-state index contributed by atoms with van der Waals surface area (Å²) < 4.78 is 5.55. The van der Waals surface area contributed by atoms with Gasteiger partial charge < -0.3 is 10.1 Å². The summed E-state index contributed by atoms with van der Waals surface area (Å²) in [6.07, 6.45) is 3.17. The molecule has 1 aromatic heterocycles. The van der Waals surface area contributed by atoms with E-state index in [4.69, 9.17) is 4.74 Å². The zero-order valence-corrected chi connectivity index (χ0v) is 13.1. The van der Waals surface area contributed by atoms with Crippen LogP contribution in [0.2, 0.25) is 0 Å². The lowest BCUT2D eigenvalue weighted by Gasteiger charge is -2.11. The molecule has 1 saturated heterocycles. The molecule has 0 bridgehead atoms. The van der Waals surface area contributed by atoms with Gasteiger partial charge in [-0.3, -0.25) is 10.1 Å². The minimum atomic E-state index is -0.406. The maximum absolute atomic E-state index is 11.2. The van der Waals surface area contributed by atoms with Crippen molar-refractivity contribution in [3.63, 3.8) is 0 Å². The van der Waals surface area contributed by atoms with Gasteiger partial charge in [0, 0.05) is 18.9 Å². The van der Waals surface area contributed by atoms with Crippen molar-refractivity contribution >= 4 is 23.4 Å². The standard InChI is InChI=1S/C13H20N4O3S/c1-3-6-14-13-15-9(2)11(17(18)19)12(16-13)21-8-10-5-4-7-20-10/h10H,3-8H2,1-2H3,(H,14,15,16). The Balaban J connectivity index is 2.17. The molecule has 2 heterocycles. The maximum atomic E-state index is 11.2. The Morgan fingerprint density at radius 1 is 1.52 bits per heavy atom. The summed E-state index contributed by atoms with van der Waals surface area (Å²) >= 11 is 1.38. The smallest absolute Gasteiger partial charge is 0.322 e. The molecule has 21 heavy (non-hydrogen) atoms. The Bertz CT molecular complexity index is 506. The molecule has 1 aromatic rings. The van der Waals surface area contributed by atoms with Crippen molar-refractivity contribution in [3.8, 4) is 0 Å². The molecule has 2 rings (SSSR count). The van der Waals surface area contributed by atoms with Crippen molar-refractivity contribution in [1.29, 1.82) is 0 Å². The largest absolute Gasteiger partial charge is 0.377 e. The number of nitrogens with one attached hydrogen (secondary N) is 1. The Kier molecular flexibility index (Phi) is 5.75. The lowest BCUT2D eigenvalue weighted by atomic mass is 10.3. The average Bonchev–Trinajstić information content (AvgIpc) is 2.95. The number of ether oxygens (including phenoxy) is 1. The van der Waals surface area contributed by atoms with E-state index in [1.54, 1.807) is 6.92 Å². The van der Waals surface area contributed by atoms with Crippen LogP contribution < -0.4 is 5.32 Å². The zero-order chi connectivity index (χ0) is 15.2. The van der Waals surface area contributed by atoms with Crippen LogP contribution in [0.3, 0.4) is 0 Å².